The van der Waals surface area contributed by atoms with Gasteiger partial charge in [0.1, 0.15) is 0 Å². The van der Waals surface area contributed by atoms with Crippen LogP contribution in [0.25, 0.3) is 0 Å². The minimum absolute atomic E-state index is 0.0162. The molecule has 0 aliphatic heterocycles. The number of rotatable bonds is 3. The predicted octanol–water partition coefficient (Wildman–Crippen LogP) is 4.02. The zero-order valence-corrected chi connectivity index (χ0v) is 11.8. The number of hydrogen-bond donors (Lipinski definition) is 1. The highest BCUT2D eigenvalue weighted by Crippen LogP contribution is 2.32. The van der Waals surface area contributed by atoms with Crippen LogP contribution in [0.2, 0.25) is 0 Å². The number of hydrogen-bond acceptors (Lipinski definition) is 3. The van der Waals surface area contributed by atoms with E-state index >= 15 is 0 Å². The van der Waals surface area contributed by atoms with Crippen LogP contribution < -0.4 is 5.73 Å². The van der Waals surface area contributed by atoms with Gasteiger partial charge >= 0.3 is 0 Å². The second kappa shape index (κ2) is 5.67. The van der Waals surface area contributed by atoms with Gasteiger partial charge in [-0.25, -0.2) is 0 Å². The molecule has 0 spiro atoms. The maximum atomic E-state index is 5.76. The van der Waals surface area contributed by atoms with E-state index in [4.69, 9.17) is 5.73 Å². The third-order valence-electron chi connectivity index (χ3n) is 2.29. The quantitative estimate of drug-likeness (QED) is 0.931. The lowest BCUT2D eigenvalue weighted by Gasteiger charge is -2.06. The maximum Gasteiger partial charge on any atom is 0.0569 e. The highest BCUT2D eigenvalue weighted by atomic mass is 79.9. The van der Waals surface area contributed by atoms with Gasteiger partial charge in [-0.2, -0.15) is 0 Å². The Morgan fingerprint density at radius 1 is 1.24 bits per heavy atom. The fourth-order valence-corrected chi connectivity index (χ4v) is 2.71. The molecule has 0 fully saturated rings. The van der Waals surface area contributed by atoms with Gasteiger partial charge in [0.05, 0.1) is 5.69 Å². The van der Waals surface area contributed by atoms with Crippen LogP contribution in [-0.4, -0.2) is 4.98 Å². The molecule has 0 aliphatic carbocycles. The first kappa shape index (κ1) is 12.6. The molecule has 0 unspecified atom stereocenters. The topological polar surface area (TPSA) is 38.9 Å². The summed E-state index contributed by atoms with van der Waals surface area (Å²) in [5.41, 5.74) is 6.68. The zero-order valence-electron chi connectivity index (χ0n) is 9.43. The molecule has 0 bridgehead atoms. The second-order valence-electron chi connectivity index (χ2n) is 3.74. The van der Waals surface area contributed by atoms with Crippen molar-refractivity contribution in [3.05, 3.63) is 52.8 Å². The molecule has 2 aromatic rings. The van der Waals surface area contributed by atoms with E-state index < -0.39 is 0 Å². The summed E-state index contributed by atoms with van der Waals surface area (Å²) in [6, 6.07) is 12.2. The molecule has 88 valence electrons. The molecule has 2 nitrogen and oxygen atoms in total. The fraction of sp³-hybridized carbons (Fsp3) is 0.154. The van der Waals surface area contributed by atoms with Crippen molar-refractivity contribution in [3.63, 3.8) is 0 Å². The molecule has 0 aliphatic rings. The van der Waals surface area contributed by atoms with Crippen LogP contribution in [0.3, 0.4) is 0 Å². The van der Waals surface area contributed by atoms with Gasteiger partial charge in [0.15, 0.2) is 0 Å². The predicted molar refractivity (Wildman–Crippen MR) is 75.1 cm³/mol. The number of nitrogens with zero attached hydrogens (tertiary/aromatic N) is 1. The summed E-state index contributed by atoms with van der Waals surface area (Å²) >= 11 is 5.21. The van der Waals surface area contributed by atoms with Gasteiger partial charge in [-0.1, -0.05) is 23.9 Å². The van der Waals surface area contributed by atoms with E-state index in [1.807, 2.05) is 37.4 Å². The molecule has 0 saturated carbocycles. The van der Waals surface area contributed by atoms with E-state index in [9.17, 15) is 0 Å². The van der Waals surface area contributed by atoms with Crippen LogP contribution in [0.5, 0.6) is 0 Å². The number of pyridine rings is 1. The SMILES string of the molecule is C[C@H](N)c1ccc(Sc2ccccc2Br)cn1. The first-order chi connectivity index (χ1) is 8.16. The van der Waals surface area contributed by atoms with Gasteiger partial charge in [-0.15, -0.1) is 0 Å². The molecule has 1 atom stereocenters. The molecule has 1 heterocycles. The molecule has 0 radical (unpaired) electrons. The van der Waals surface area contributed by atoms with Crippen molar-refractivity contribution in [2.45, 2.75) is 22.8 Å². The van der Waals surface area contributed by atoms with Crippen molar-refractivity contribution in [3.8, 4) is 0 Å². The molecular formula is C13H13BrN2S. The Balaban J connectivity index is 2.17. The average Bonchev–Trinajstić information content (AvgIpc) is 2.33. The molecule has 4 heteroatoms. The number of benzene rings is 1. The molecule has 1 aromatic heterocycles. The third-order valence-corrected chi connectivity index (χ3v) is 4.30. The summed E-state index contributed by atoms with van der Waals surface area (Å²) in [6.07, 6.45) is 1.86. The van der Waals surface area contributed by atoms with Crippen molar-refractivity contribution in [2.75, 3.05) is 0 Å². The van der Waals surface area contributed by atoms with Gasteiger partial charge in [0.25, 0.3) is 0 Å². The van der Waals surface area contributed by atoms with Crippen molar-refractivity contribution >= 4 is 27.7 Å². The van der Waals surface area contributed by atoms with Crippen LogP contribution in [0.4, 0.5) is 0 Å². The van der Waals surface area contributed by atoms with E-state index in [0.29, 0.717) is 0 Å². The molecule has 0 saturated heterocycles. The van der Waals surface area contributed by atoms with E-state index in [1.165, 1.54) is 4.90 Å². The Hall–Kier alpha value is -0.840. The van der Waals surface area contributed by atoms with Crippen molar-refractivity contribution in [1.29, 1.82) is 0 Å². The lowest BCUT2D eigenvalue weighted by Crippen LogP contribution is -2.06. The van der Waals surface area contributed by atoms with E-state index in [1.54, 1.807) is 11.8 Å². The van der Waals surface area contributed by atoms with Gasteiger partial charge < -0.3 is 5.73 Å². The molecule has 0 amide bonds. The fourth-order valence-electron chi connectivity index (χ4n) is 1.38. The summed E-state index contributed by atoms with van der Waals surface area (Å²) in [5.74, 6) is 0. The minimum Gasteiger partial charge on any atom is -0.323 e. The molecule has 2 N–H and O–H groups in total. The maximum absolute atomic E-state index is 5.76. The Morgan fingerprint density at radius 2 is 2.00 bits per heavy atom. The van der Waals surface area contributed by atoms with Crippen molar-refractivity contribution < 1.29 is 0 Å². The number of nitrogens with two attached hydrogens (primary N) is 1. The molecular weight excluding hydrogens is 296 g/mol. The number of halogens is 1. The van der Waals surface area contributed by atoms with E-state index in [0.717, 1.165) is 15.1 Å². The van der Waals surface area contributed by atoms with Gasteiger partial charge in [-0.05, 0) is 47.1 Å². The van der Waals surface area contributed by atoms with Crippen LogP contribution >= 0.6 is 27.7 Å². The number of aromatic nitrogens is 1. The molecule has 2 rings (SSSR count). The first-order valence-corrected chi connectivity index (χ1v) is 6.91. The molecule has 17 heavy (non-hydrogen) atoms. The van der Waals surface area contributed by atoms with Gasteiger partial charge in [0, 0.05) is 26.5 Å². The minimum atomic E-state index is -0.0162. The summed E-state index contributed by atoms with van der Waals surface area (Å²) in [6.45, 7) is 1.93. The Bertz CT molecular complexity index is 497. The monoisotopic (exact) mass is 308 g/mol. The van der Waals surface area contributed by atoms with Crippen molar-refractivity contribution in [2.24, 2.45) is 5.73 Å². The van der Waals surface area contributed by atoms with Crippen LogP contribution in [0.15, 0.2) is 56.9 Å². The van der Waals surface area contributed by atoms with Crippen LogP contribution in [-0.2, 0) is 0 Å². The van der Waals surface area contributed by atoms with Crippen LogP contribution in [0.1, 0.15) is 18.7 Å². The Kier molecular flexibility index (Phi) is 4.20. The standard InChI is InChI=1S/C13H13BrN2S/c1-9(15)12-7-6-10(8-16-12)17-13-5-3-2-4-11(13)14/h2-9H,15H2,1H3/t9-/m0/s1. The van der Waals surface area contributed by atoms with Gasteiger partial charge in [-0.3, -0.25) is 4.98 Å². The van der Waals surface area contributed by atoms with E-state index in [-0.39, 0.29) is 6.04 Å². The van der Waals surface area contributed by atoms with Crippen LogP contribution in [0, 0.1) is 0 Å². The Morgan fingerprint density at radius 3 is 2.59 bits per heavy atom. The first-order valence-electron chi connectivity index (χ1n) is 5.31. The van der Waals surface area contributed by atoms with Gasteiger partial charge in [0.2, 0.25) is 0 Å². The summed E-state index contributed by atoms with van der Waals surface area (Å²) in [5, 5.41) is 0. The average molecular weight is 309 g/mol. The highest BCUT2D eigenvalue weighted by molar-refractivity contribution is 9.10. The lowest BCUT2D eigenvalue weighted by molar-refractivity contribution is 0.777. The lowest BCUT2D eigenvalue weighted by atomic mass is 10.2. The zero-order chi connectivity index (χ0) is 12.3. The molecule has 1 aromatic carbocycles. The highest BCUT2D eigenvalue weighted by Gasteiger charge is 2.04. The third kappa shape index (κ3) is 3.31. The second-order valence-corrected chi connectivity index (χ2v) is 5.71. The normalized spacial score (nSPS) is 12.4. The summed E-state index contributed by atoms with van der Waals surface area (Å²) < 4.78 is 1.10. The Labute approximate surface area is 114 Å². The summed E-state index contributed by atoms with van der Waals surface area (Å²) in [4.78, 5) is 6.64. The smallest absolute Gasteiger partial charge is 0.0569 e. The van der Waals surface area contributed by atoms with E-state index in [2.05, 4.69) is 33.0 Å². The van der Waals surface area contributed by atoms with Crippen molar-refractivity contribution in [1.82, 2.24) is 4.98 Å². The largest absolute Gasteiger partial charge is 0.323 e. The summed E-state index contributed by atoms with van der Waals surface area (Å²) in [7, 11) is 0.